The summed E-state index contributed by atoms with van der Waals surface area (Å²) < 4.78 is 1.94. The number of rotatable bonds is 6. The molecule has 2 aromatic rings. The fraction of sp³-hybridized carbons (Fsp3) is 0.471. The number of hydrogen-bond donors (Lipinski definition) is 1. The number of nitrogens with zero attached hydrogens (tertiary/aromatic N) is 2. The van der Waals surface area contributed by atoms with Gasteiger partial charge in [-0.3, -0.25) is 4.68 Å². The largest absolute Gasteiger partial charge is 0.312 e. The van der Waals surface area contributed by atoms with Gasteiger partial charge >= 0.3 is 0 Å². The Morgan fingerprint density at radius 1 is 1.24 bits per heavy atom. The summed E-state index contributed by atoms with van der Waals surface area (Å²) in [6.45, 7) is 10.7. The standard InChI is InChI=1S/C17H25N3S/c1-12(2)10-18-11-15-6-7-16(13(3)8-15)21-17-9-14(4)19-20(17)5/h6-9,12,18H,10-11H2,1-5H3. The zero-order valence-corrected chi connectivity index (χ0v) is 14.4. The first-order chi connectivity index (χ1) is 9.95. The Morgan fingerprint density at radius 3 is 2.57 bits per heavy atom. The summed E-state index contributed by atoms with van der Waals surface area (Å²) in [6.07, 6.45) is 0. The zero-order valence-electron chi connectivity index (χ0n) is 13.6. The number of aryl methyl sites for hydroxylation is 3. The van der Waals surface area contributed by atoms with Crippen molar-refractivity contribution in [2.75, 3.05) is 6.54 Å². The second-order valence-corrected chi connectivity index (χ2v) is 7.04. The van der Waals surface area contributed by atoms with E-state index in [2.05, 4.69) is 55.5 Å². The molecule has 21 heavy (non-hydrogen) atoms. The second-order valence-electron chi connectivity index (χ2n) is 5.97. The van der Waals surface area contributed by atoms with Gasteiger partial charge in [0.2, 0.25) is 0 Å². The smallest absolute Gasteiger partial charge is 0.0987 e. The highest BCUT2D eigenvalue weighted by Crippen LogP contribution is 2.30. The Bertz CT molecular complexity index is 602. The van der Waals surface area contributed by atoms with Crippen LogP contribution in [0.25, 0.3) is 0 Å². The third-order valence-electron chi connectivity index (χ3n) is 3.29. The first kappa shape index (κ1) is 16.1. The first-order valence-electron chi connectivity index (χ1n) is 7.44. The maximum Gasteiger partial charge on any atom is 0.0987 e. The highest BCUT2D eigenvalue weighted by atomic mass is 32.2. The van der Waals surface area contributed by atoms with Gasteiger partial charge in [-0.05, 0) is 49.6 Å². The fourth-order valence-electron chi connectivity index (χ4n) is 2.24. The van der Waals surface area contributed by atoms with Gasteiger partial charge in [0, 0.05) is 18.5 Å². The summed E-state index contributed by atoms with van der Waals surface area (Å²) in [5.41, 5.74) is 3.73. The molecule has 0 spiro atoms. The second kappa shape index (κ2) is 7.14. The minimum atomic E-state index is 0.689. The van der Waals surface area contributed by atoms with E-state index >= 15 is 0 Å². The summed E-state index contributed by atoms with van der Waals surface area (Å²) in [5, 5.41) is 9.07. The molecule has 1 aromatic heterocycles. The van der Waals surface area contributed by atoms with Gasteiger partial charge in [0.05, 0.1) is 10.7 Å². The fourth-order valence-corrected chi connectivity index (χ4v) is 3.22. The molecule has 4 heteroatoms. The van der Waals surface area contributed by atoms with Crippen LogP contribution in [0.5, 0.6) is 0 Å². The molecule has 1 heterocycles. The summed E-state index contributed by atoms with van der Waals surface area (Å²) in [4.78, 5) is 1.30. The van der Waals surface area contributed by atoms with Crippen molar-refractivity contribution in [2.24, 2.45) is 13.0 Å². The molecule has 1 aromatic carbocycles. The lowest BCUT2D eigenvalue weighted by Gasteiger charge is -2.10. The molecule has 114 valence electrons. The Balaban J connectivity index is 2.03. The third-order valence-corrected chi connectivity index (χ3v) is 4.56. The summed E-state index contributed by atoms with van der Waals surface area (Å²) >= 11 is 1.78. The quantitative estimate of drug-likeness (QED) is 0.877. The van der Waals surface area contributed by atoms with Crippen molar-refractivity contribution in [1.82, 2.24) is 15.1 Å². The predicted octanol–water partition coefficient (Wildman–Crippen LogP) is 3.93. The maximum absolute atomic E-state index is 4.40. The molecule has 0 aliphatic rings. The Hall–Kier alpha value is -1.26. The average molecular weight is 303 g/mol. The van der Waals surface area contributed by atoms with Crippen molar-refractivity contribution in [3.8, 4) is 0 Å². The van der Waals surface area contributed by atoms with E-state index in [0.29, 0.717) is 5.92 Å². The molecule has 0 saturated carbocycles. The number of nitrogens with one attached hydrogen (secondary N) is 1. The number of hydrogen-bond acceptors (Lipinski definition) is 3. The van der Waals surface area contributed by atoms with E-state index in [9.17, 15) is 0 Å². The highest BCUT2D eigenvalue weighted by Gasteiger charge is 2.07. The van der Waals surface area contributed by atoms with E-state index in [1.54, 1.807) is 11.8 Å². The minimum Gasteiger partial charge on any atom is -0.312 e. The van der Waals surface area contributed by atoms with Crippen molar-refractivity contribution in [3.05, 3.63) is 41.1 Å². The summed E-state index contributed by atoms with van der Waals surface area (Å²) in [6, 6.07) is 8.84. The molecule has 0 radical (unpaired) electrons. The monoisotopic (exact) mass is 303 g/mol. The maximum atomic E-state index is 4.40. The van der Waals surface area contributed by atoms with Gasteiger partial charge in [0.15, 0.2) is 0 Å². The van der Waals surface area contributed by atoms with Gasteiger partial charge in [-0.25, -0.2) is 0 Å². The molecule has 0 atom stereocenters. The van der Waals surface area contributed by atoms with Gasteiger partial charge < -0.3 is 5.32 Å². The molecule has 2 rings (SSSR count). The van der Waals surface area contributed by atoms with E-state index in [1.165, 1.54) is 21.0 Å². The van der Waals surface area contributed by atoms with E-state index in [1.807, 2.05) is 18.7 Å². The lowest BCUT2D eigenvalue weighted by Crippen LogP contribution is -2.18. The summed E-state index contributed by atoms with van der Waals surface area (Å²) in [7, 11) is 1.99. The van der Waals surface area contributed by atoms with Crippen LogP contribution in [0.4, 0.5) is 0 Å². The Kier molecular flexibility index (Phi) is 5.48. The van der Waals surface area contributed by atoms with Crippen LogP contribution in [0, 0.1) is 19.8 Å². The normalized spacial score (nSPS) is 11.3. The van der Waals surface area contributed by atoms with Crippen LogP contribution in [0.3, 0.4) is 0 Å². The van der Waals surface area contributed by atoms with Crippen LogP contribution < -0.4 is 5.32 Å². The van der Waals surface area contributed by atoms with E-state index in [0.717, 1.165) is 18.8 Å². The highest BCUT2D eigenvalue weighted by molar-refractivity contribution is 7.99. The SMILES string of the molecule is Cc1cc(Sc2ccc(CNCC(C)C)cc2C)n(C)n1. The van der Waals surface area contributed by atoms with Gasteiger partial charge in [0.25, 0.3) is 0 Å². The van der Waals surface area contributed by atoms with Crippen LogP contribution in [-0.2, 0) is 13.6 Å². The first-order valence-corrected chi connectivity index (χ1v) is 8.26. The third kappa shape index (κ3) is 4.61. The lowest BCUT2D eigenvalue weighted by atomic mass is 10.1. The van der Waals surface area contributed by atoms with E-state index in [4.69, 9.17) is 0 Å². The molecule has 0 saturated heterocycles. The van der Waals surface area contributed by atoms with Gasteiger partial charge in [-0.2, -0.15) is 5.10 Å². The lowest BCUT2D eigenvalue weighted by molar-refractivity contribution is 0.552. The van der Waals surface area contributed by atoms with Crippen molar-refractivity contribution in [3.63, 3.8) is 0 Å². The molecule has 1 N–H and O–H groups in total. The molecule has 3 nitrogen and oxygen atoms in total. The van der Waals surface area contributed by atoms with E-state index in [-0.39, 0.29) is 0 Å². The zero-order chi connectivity index (χ0) is 15.4. The molecule has 0 unspecified atom stereocenters. The van der Waals surface area contributed by atoms with Gasteiger partial charge in [0.1, 0.15) is 0 Å². The van der Waals surface area contributed by atoms with Crippen LogP contribution in [-0.4, -0.2) is 16.3 Å². The average Bonchev–Trinajstić information content (AvgIpc) is 2.70. The molecular weight excluding hydrogens is 278 g/mol. The van der Waals surface area contributed by atoms with Gasteiger partial charge in [-0.1, -0.05) is 37.7 Å². The minimum absolute atomic E-state index is 0.689. The molecule has 0 aliphatic heterocycles. The number of aromatic nitrogens is 2. The number of benzene rings is 1. The Labute approximate surface area is 132 Å². The molecule has 0 aliphatic carbocycles. The van der Waals surface area contributed by atoms with Crippen LogP contribution >= 0.6 is 11.8 Å². The van der Waals surface area contributed by atoms with Crippen molar-refractivity contribution < 1.29 is 0 Å². The van der Waals surface area contributed by atoms with Crippen LogP contribution in [0.1, 0.15) is 30.7 Å². The summed E-state index contributed by atoms with van der Waals surface area (Å²) in [5.74, 6) is 0.689. The molecule has 0 amide bonds. The van der Waals surface area contributed by atoms with Crippen molar-refractivity contribution in [1.29, 1.82) is 0 Å². The van der Waals surface area contributed by atoms with Crippen LogP contribution in [0.2, 0.25) is 0 Å². The molecule has 0 fully saturated rings. The predicted molar refractivity (Wildman–Crippen MR) is 89.8 cm³/mol. The molecule has 0 bridgehead atoms. The molecular formula is C17H25N3S. The topological polar surface area (TPSA) is 29.9 Å². The van der Waals surface area contributed by atoms with E-state index < -0.39 is 0 Å². The van der Waals surface area contributed by atoms with Gasteiger partial charge in [-0.15, -0.1) is 0 Å². The van der Waals surface area contributed by atoms with Crippen molar-refractivity contribution >= 4 is 11.8 Å². The van der Waals surface area contributed by atoms with Crippen molar-refractivity contribution in [2.45, 2.75) is 44.2 Å². The van der Waals surface area contributed by atoms with Crippen LogP contribution in [0.15, 0.2) is 34.2 Å². The Morgan fingerprint density at radius 2 is 2.00 bits per heavy atom.